The summed E-state index contributed by atoms with van der Waals surface area (Å²) in [5, 5.41) is 3.96. The molecule has 2 aromatic carbocycles. The van der Waals surface area contributed by atoms with Crippen molar-refractivity contribution < 1.29 is 31.9 Å². The van der Waals surface area contributed by atoms with Gasteiger partial charge in [-0.05, 0) is 66.9 Å². The third kappa shape index (κ3) is 7.59. The molecular formula is C32H33F3N4O4. The van der Waals surface area contributed by atoms with Crippen LogP contribution in [0.4, 0.5) is 18.9 Å². The Morgan fingerprint density at radius 1 is 0.953 bits per heavy atom. The molecule has 2 aliphatic heterocycles. The number of hydrogen-bond acceptors (Lipinski definition) is 7. The van der Waals surface area contributed by atoms with E-state index in [1.807, 2.05) is 30.5 Å². The number of halogens is 3. The zero-order valence-corrected chi connectivity index (χ0v) is 23.6. The highest BCUT2D eigenvalue weighted by Gasteiger charge is 2.31. The average Bonchev–Trinajstić information content (AvgIpc) is 3.43. The van der Waals surface area contributed by atoms with E-state index in [9.17, 15) is 18.0 Å². The number of carbonyl (C=O) groups is 1. The van der Waals surface area contributed by atoms with Gasteiger partial charge in [-0.25, -0.2) is 0 Å². The maximum absolute atomic E-state index is 13.0. The lowest BCUT2D eigenvalue weighted by molar-refractivity contribution is -0.274. The highest BCUT2D eigenvalue weighted by molar-refractivity contribution is 5.96. The third-order valence-electron chi connectivity index (χ3n) is 7.95. The van der Waals surface area contributed by atoms with Gasteiger partial charge in [0.25, 0.3) is 5.91 Å². The lowest BCUT2D eigenvalue weighted by Crippen LogP contribution is -2.44. The van der Waals surface area contributed by atoms with Crippen LogP contribution in [0.5, 0.6) is 11.5 Å². The number of alkyl halides is 3. The zero-order valence-electron chi connectivity index (χ0n) is 23.6. The zero-order chi connectivity index (χ0) is 29.8. The summed E-state index contributed by atoms with van der Waals surface area (Å²) in [5.41, 5.74) is 2.62. The Labute approximate surface area is 247 Å². The summed E-state index contributed by atoms with van der Waals surface area (Å²) in [6.07, 6.45) is 2.21. The highest BCUT2D eigenvalue weighted by atomic mass is 19.4. The number of fused-ring (bicyclic) bond motifs is 1. The van der Waals surface area contributed by atoms with E-state index < -0.39 is 6.36 Å². The molecule has 0 saturated carbocycles. The van der Waals surface area contributed by atoms with Crippen LogP contribution in [0.15, 0.2) is 77.5 Å². The van der Waals surface area contributed by atoms with E-state index in [-0.39, 0.29) is 29.6 Å². The molecule has 11 heteroatoms. The second-order valence-electron chi connectivity index (χ2n) is 11.0. The van der Waals surface area contributed by atoms with Gasteiger partial charge in [-0.3, -0.25) is 14.7 Å². The van der Waals surface area contributed by atoms with Crippen LogP contribution >= 0.6 is 0 Å². The maximum atomic E-state index is 13.0. The Balaban J connectivity index is 0.978. The summed E-state index contributed by atoms with van der Waals surface area (Å²) in [5.74, 6) is 0.503. The fraction of sp³-hybridized carbons (Fsp3) is 0.375. The minimum atomic E-state index is -4.71. The highest BCUT2D eigenvalue weighted by Crippen LogP contribution is 2.30. The molecule has 2 aliphatic rings. The lowest BCUT2D eigenvalue weighted by atomic mass is 10.0. The molecule has 4 aromatic rings. The summed E-state index contributed by atoms with van der Waals surface area (Å²) >= 11 is 0. The van der Waals surface area contributed by atoms with Crippen LogP contribution in [-0.2, 0) is 6.54 Å². The van der Waals surface area contributed by atoms with Gasteiger partial charge in [-0.1, -0.05) is 6.07 Å². The molecule has 2 fully saturated rings. The summed E-state index contributed by atoms with van der Waals surface area (Å²) in [6.45, 7) is 4.09. The molecule has 8 nitrogen and oxygen atoms in total. The number of nitrogens with one attached hydrogen (secondary N) is 1. The summed E-state index contributed by atoms with van der Waals surface area (Å²) in [6, 6.07) is 17.4. The Morgan fingerprint density at radius 3 is 2.40 bits per heavy atom. The standard InChI is InChI=1S/C32H33F3N4O4/c33-32(34,35)43-27-7-4-25(5-8-27)39-16-11-26(12-17-39)41-28-6-3-23-18-30(42-29(23)19-28)31(40)37-24-9-14-38(15-10-24)21-22-2-1-13-36-20-22/h1-8,13,18-20,24,26H,9-12,14-17,21H2,(H,37,40). The van der Waals surface area contributed by atoms with Crippen LogP contribution in [0.2, 0.25) is 0 Å². The molecule has 0 unspecified atom stereocenters. The minimum absolute atomic E-state index is 0.0108. The number of hydrogen-bond donors (Lipinski definition) is 1. The van der Waals surface area contributed by atoms with Crippen LogP contribution in [0.1, 0.15) is 41.8 Å². The molecule has 0 radical (unpaired) electrons. The molecule has 0 aliphatic carbocycles. The van der Waals surface area contributed by atoms with Crippen molar-refractivity contribution in [2.24, 2.45) is 0 Å². The van der Waals surface area contributed by atoms with Gasteiger partial charge in [0.1, 0.15) is 23.2 Å². The topological polar surface area (TPSA) is 80.1 Å². The fourth-order valence-electron chi connectivity index (χ4n) is 5.72. The average molecular weight is 595 g/mol. The Bertz CT molecular complexity index is 1510. The third-order valence-corrected chi connectivity index (χ3v) is 7.95. The number of amides is 1. The molecule has 1 amide bonds. The van der Waals surface area contributed by atoms with Crippen molar-refractivity contribution in [3.05, 3.63) is 84.4 Å². The number of furan rings is 1. The molecule has 0 atom stereocenters. The number of ether oxygens (including phenoxy) is 2. The number of benzene rings is 2. The Morgan fingerprint density at radius 2 is 1.70 bits per heavy atom. The van der Waals surface area contributed by atoms with Crippen molar-refractivity contribution in [3.63, 3.8) is 0 Å². The van der Waals surface area contributed by atoms with Gasteiger partial charge in [0.2, 0.25) is 0 Å². The summed E-state index contributed by atoms with van der Waals surface area (Å²) < 4.78 is 53.4. The molecule has 4 heterocycles. The van der Waals surface area contributed by atoms with E-state index in [1.165, 1.54) is 17.7 Å². The fourth-order valence-corrected chi connectivity index (χ4v) is 5.72. The number of anilines is 1. The van der Waals surface area contributed by atoms with Gasteiger partial charge < -0.3 is 24.1 Å². The van der Waals surface area contributed by atoms with Crippen molar-refractivity contribution in [1.82, 2.24) is 15.2 Å². The number of likely N-dealkylation sites (tertiary alicyclic amines) is 1. The van der Waals surface area contributed by atoms with Crippen LogP contribution in [0, 0.1) is 0 Å². The van der Waals surface area contributed by atoms with Crippen molar-refractivity contribution in [3.8, 4) is 11.5 Å². The normalized spacial score (nSPS) is 17.2. The van der Waals surface area contributed by atoms with E-state index in [0.717, 1.165) is 56.4 Å². The number of aromatic nitrogens is 1. The van der Waals surface area contributed by atoms with Crippen molar-refractivity contribution in [2.45, 2.75) is 50.7 Å². The lowest BCUT2D eigenvalue weighted by Gasteiger charge is -2.33. The summed E-state index contributed by atoms with van der Waals surface area (Å²) in [4.78, 5) is 21.6. The van der Waals surface area contributed by atoms with Crippen LogP contribution < -0.4 is 19.7 Å². The quantitative estimate of drug-likeness (QED) is 0.261. The first kappa shape index (κ1) is 28.9. The van der Waals surface area contributed by atoms with Crippen LogP contribution in [-0.4, -0.2) is 60.5 Å². The van der Waals surface area contributed by atoms with Gasteiger partial charge in [-0.2, -0.15) is 0 Å². The van der Waals surface area contributed by atoms with Crippen LogP contribution in [0.25, 0.3) is 11.0 Å². The van der Waals surface area contributed by atoms with Crippen molar-refractivity contribution in [2.75, 3.05) is 31.1 Å². The van der Waals surface area contributed by atoms with E-state index in [4.69, 9.17) is 9.15 Å². The summed E-state index contributed by atoms with van der Waals surface area (Å²) in [7, 11) is 0. The molecule has 43 heavy (non-hydrogen) atoms. The first-order chi connectivity index (χ1) is 20.8. The number of piperidine rings is 2. The van der Waals surface area contributed by atoms with Crippen molar-refractivity contribution >= 4 is 22.6 Å². The molecule has 2 saturated heterocycles. The van der Waals surface area contributed by atoms with Gasteiger partial charge >= 0.3 is 6.36 Å². The van der Waals surface area contributed by atoms with Crippen LogP contribution in [0.3, 0.4) is 0 Å². The molecular weight excluding hydrogens is 561 g/mol. The second-order valence-corrected chi connectivity index (χ2v) is 11.0. The van der Waals surface area contributed by atoms with E-state index >= 15 is 0 Å². The largest absolute Gasteiger partial charge is 0.573 e. The molecule has 226 valence electrons. The first-order valence-corrected chi connectivity index (χ1v) is 14.5. The molecule has 0 bridgehead atoms. The Hall–Kier alpha value is -4.25. The molecule has 1 N–H and O–H groups in total. The van der Waals surface area contributed by atoms with Gasteiger partial charge in [0.05, 0.1) is 0 Å². The number of carbonyl (C=O) groups excluding carboxylic acids is 1. The number of pyridine rings is 1. The van der Waals surface area contributed by atoms with E-state index in [0.29, 0.717) is 24.4 Å². The number of rotatable bonds is 8. The molecule has 2 aromatic heterocycles. The smallest absolute Gasteiger partial charge is 0.490 e. The van der Waals surface area contributed by atoms with Gasteiger partial charge in [-0.15, -0.1) is 13.2 Å². The van der Waals surface area contributed by atoms with E-state index in [1.54, 1.807) is 24.4 Å². The van der Waals surface area contributed by atoms with Crippen molar-refractivity contribution in [1.29, 1.82) is 0 Å². The molecule has 6 rings (SSSR count). The second kappa shape index (κ2) is 12.5. The predicted octanol–water partition coefficient (Wildman–Crippen LogP) is 6.17. The van der Waals surface area contributed by atoms with Gasteiger partial charge in [0, 0.05) is 81.1 Å². The van der Waals surface area contributed by atoms with Gasteiger partial charge in [0.15, 0.2) is 5.76 Å². The number of nitrogens with zero attached hydrogens (tertiary/aromatic N) is 3. The molecule has 0 spiro atoms. The van der Waals surface area contributed by atoms with E-state index in [2.05, 4.69) is 30.9 Å². The predicted molar refractivity (Wildman–Crippen MR) is 155 cm³/mol. The SMILES string of the molecule is O=C(NC1CCN(Cc2cccnc2)CC1)c1cc2ccc(OC3CCN(c4ccc(OC(F)(F)F)cc4)CC3)cc2o1. The maximum Gasteiger partial charge on any atom is 0.573 e. The minimum Gasteiger partial charge on any atom is -0.490 e. The first-order valence-electron chi connectivity index (χ1n) is 14.5. The Kier molecular flexibility index (Phi) is 8.42. The monoisotopic (exact) mass is 594 g/mol.